The van der Waals surface area contributed by atoms with Gasteiger partial charge in [0.05, 0.1) is 11.6 Å². The second kappa shape index (κ2) is 4.57. The summed E-state index contributed by atoms with van der Waals surface area (Å²) >= 11 is 0. The molecule has 1 rings (SSSR count). The molecule has 14 heavy (non-hydrogen) atoms. The molecule has 0 aliphatic carbocycles. The summed E-state index contributed by atoms with van der Waals surface area (Å²) in [7, 11) is 0. The van der Waals surface area contributed by atoms with Gasteiger partial charge in [0.15, 0.2) is 0 Å². The van der Waals surface area contributed by atoms with Gasteiger partial charge in [-0.2, -0.15) is 5.26 Å². The molecule has 1 aromatic rings. The lowest BCUT2D eigenvalue weighted by atomic mass is 9.97. The number of nitriles is 1. The zero-order valence-electron chi connectivity index (χ0n) is 8.45. The molecule has 0 aromatic heterocycles. The maximum Gasteiger partial charge on any atom is 0.150 e. The summed E-state index contributed by atoms with van der Waals surface area (Å²) in [6, 6.07) is 7.38. The first kappa shape index (κ1) is 10.5. The fourth-order valence-electron chi connectivity index (χ4n) is 1.39. The third kappa shape index (κ3) is 2.43. The molecule has 2 nitrogen and oxygen atoms in total. The van der Waals surface area contributed by atoms with Gasteiger partial charge in [0.1, 0.15) is 6.29 Å². The molecule has 0 amide bonds. The average molecular weight is 187 g/mol. The Morgan fingerprint density at radius 3 is 2.71 bits per heavy atom. The van der Waals surface area contributed by atoms with Crippen LogP contribution in [0.25, 0.3) is 0 Å². The highest BCUT2D eigenvalue weighted by molar-refractivity contribution is 5.75. The standard InChI is InChI=1S/C12H13NO/c1-9(2)5-11-4-3-10(8-14)6-12(11)7-13/h3-4,6,8-9H,5H2,1-2H3. The Kier molecular flexibility index (Phi) is 3.41. The Morgan fingerprint density at radius 2 is 2.21 bits per heavy atom. The topological polar surface area (TPSA) is 40.9 Å². The largest absolute Gasteiger partial charge is 0.298 e. The molecule has 0 bridgehead atoms. The average Bonchev–Trinajstić information content (AvgIpc) is 2.17. The van der Waals surface area contributed by atoms with Gasteiger partial charge in [0.25, 0.3) is 0 Å². The molecule has 0 unspecified atom stereocenters. The van der Waals surface area contributed by atoms with Gasteiger partial charge in [-0.25, -0.2) is 0 Å². The van der Waals surface area contributed by atoms with Crippen molar-refractivity contribution in [3.63, 3.8) is 0 Å². The van der Waals surface area contributed by atoms with E-state index in [0.29, 0.717) is 17.0 Å². The molecule has 0 radical (unpaired) electrons. The highest BCUT2D eigenvalue weighted by Crippen LogP contribution is 2.14. The molecule has 0 saturated carbocycles. The van der Waals surface area contributed by atoms with Crippen LogP contribution in [0.3, 0.4) is 0 Å². The number of rotatable bonds is 3. The fraction of sp³-hybridized carbons (Fsp3) is 0.333. The van der Waals surface area contributed by atoms with Crippen molar-refractivity contribution in [1.82, 2.24) is 0 Å². The van der Waals surface area contributed by atoms with E-state index in [4.69, 9.17) is 5.26 Å². The van der Waals surface area contributed by atoms with Gasteiger partial charge in [0, 0.05) is 5.56 Å². The molecule has 2 heteroatoms. The molecule has 0 aliphatic rings. The second-order valence-electron chi connectivity index (χ2n) is 3.74. The molecule has 0 heterocycles. The second-order valence-corrected chi connectivity index (χ2v) is 3.74. The van der Waals surface area contributed by atoms with Gasteiger partial charge < -0.3 is 0 Å². The van der Waals surface area contributed by atoms with Crippen LogP contribution in [-0.2, 0) is 6.42 Å². The summed E-state index contributed by atoms with van der Waals surface area (Å²) in [6.07, 6.45) is 1.64. The first-order valence-electron chi connectivity index (χ1n) is 4.65. The van der Waals surface area contributed by atoms with Crippen LogP contribution >= 0.6 is 0 Å². The predicted octanol–water partition coefficient (Wildman–Crippen LogP) is 2.57. The van der Waals surface area contributed by atoms with Crippen LogP contribution in [-0.4, -0.2) is 6.29 Å². The number of nitrogens with zero attached hydrogens (tertiary/aromatic N) is 1. The highest BCUT2D eigenvalue weighted by Gasteiger charge is 2.05. The highest BCUT2D eigenvalue weighted by atomic mass is 16.1. The fourth-order valence-corrected chi connectivity index (χ4v) is 1.39. The maximum atomic E-state index is 10.5. The Hall–Kier alpha value is -1.62. The molecular formula is C12H13NO. The van der Waals surface area contributed by atoms with Crippen molar-refractivity contribution in [1.29, 1.82) is 5.26 Å². The number of benzene rings is 1. The van der Waals surface area contributed by atoms with Crippen molar-refractivity contribution >= 4 is 6.29 Å². The minimum atomic E-state index is 0.518. The minimum Gasteiger partial charge on any atom is -0.298 e. The van der Waals surface area contributed by atoms with E-state index in [2.05, 4.69) is 19.9 Å². The third-order valence-electron chi connectivity index (χ3n) is 2.02. The Bertz CT molecular complexity index is 374. The lowest BCUT2D eigenvalue weighted by molar-refractivity contribution is 0.112. The van der Waals surface area contributed by atoms with Gasteiger partial charge in [-0.1, -0.05) is 26.0 Å². The van der Waals surface area contributed by atoms with E-state index < -0.39 is 0 Å². The molecule has 0 spiro atoms. The van der Waals surface area contributed by atoms with Crippen molar-refractivity contribution in [2.75, 3.05) is 0 Å². The van der Waals surface area contributed by atoms with Crippen LogP contribution in [0.15, 0.2) is 18.2 Å². The number of hydrogen-bond donors (Lipinski definition) is 0. The van der Waals surface area contributed by atoms with Crippen molar-refractivity contribution in [3.05, 3.63) is 34.9 Å². The number of carbonyl (C=O) groups is 1. The van der Waals surface area contributed by atoms with E-state index in [1.54, 1.807) is 12.1 Å². The SMILES string of the molecule is CC(C)Cc1ccc(C=O)cc1C#N. The maximum absolute atomic E-state index is 10.5. The Balaban J connectivity index is 3.06. The normalized spacial score (nSPS) is 9.86. The lowest BCUT2D eigenvalue weighted by Crippen LogP contribution is -1.98. The number of aldehydes is 1. The molecule has 0 N–H and O–H groups in total. The van der Waals surface area contributed by atoms with Gasteiger partial charge in [-0.05, 0) is 24.0 Å². The lowest BCUT2D eigenvalue weighted by Gasteiger charge is -2.06. The summed E-state index contributed by atoms with van der Waals surface area (Å²) < 4.78 is 0. The molecule has 0 aliphatic heterocycles. The Morgan fingerprint density at radius 1 is 1.50 bits per heavy atom. The summed E-state index contributed by atoms with van der Waals surface area (Å²) in [6.45, 7) is 4.21. The first-order valence-corrected chi connectivity index (χ1v) is 4.65. The van der Waals surface area contributed by atoms with E-state index in [9.17, 15) is 4.79 Å². The minimum absolute atomic E-state index is 0.518. The summed E-state index contributed by atoms with van der Waals surface area (Å²) in [4.78, 5) is 10.5. The van der Waals surface area contributed by atoms with Crippen LogP contribution < -0.4 is 0 Å². The predicted molar refractivity (Wildman–Crippen MR) is 55.1 cm³/mol. The van der Waals surface area contributed by atoms with E-state index in [1.807, 2.05) is 6.07 Å². The number of hydrogen-bond acceptors (Lipinski definition) is 2. The van der Waals surface area contributed by atoms with Crippen LogP contribution in [0.1, 0.15) is 35.3 Å². The van der Waals surface area contributed by atoms with E-state index >= 15 is 0 Å². The zero-order valence-corrected chi connectivity index (χ0v) is 8.45. The smallest absolute Gasteiger partial charge is 0.150 e. The van der Waals surface area contributed by atoms with E-state index in [-0.39, 0.29) is 0 Å². The summed E-state index contributed by atoms with van der Waals surface area (Å²) in [5.41, 5.74) is 2.20. The first-order chi connectivity index (χ1) is 6.67. The zero-order chi connectivity index (χ0) is 10.6. The number of carbonyl (C=O) groups excluding carboxylic acids is 1. The Labute approximate surface area is 84.2 Å². The quantitative estimate of drug-likeness (QED) is 0.682. The van der Waals surface area contributed by atoms with Crippen LogP contribution in [0.2, 0.25) is 0 Å². The van der Waals surface area contributed by atoms with Crippen molar-refractivity contribution < 1.29 is 4.79 Å². The molecule has 1 aromatic carbocycles. The van der Waals surface area contributed by atoms with Crippen molar-refractivity contribution in [2.45, 2.75) is 20.3 Å². The molecule has 0 saturated heterocycles. The summed E-state index contributed by atoms with van der Waals surface area (Å²) in [5.74, 6) is 0.518. The van der Waals surface area contributed by atoms with Crippen molar-refractivity contribution in [3.8, 4) is 6.07 Å². The third-order valence-corrected chi connectivity index (χ3v) is 2.02. The monoisotopic (exact) mass is 187 g/mol. The van der Waals surface area contributed by atoms with Gasteiger partial charge >= 0.3 is 0 Å². The molecule has 72 valence electrons. The van der Waals surface area contributed by atoms with Gasteiger partial charge in [-0.15, -0.1) is 0 Å². The van der Waals surface area contributed by atoms with E-state index in [0.717, 1.165) is 18.3 Å². The van der Waals surface area contributed by atoms with Gasteiger partial charge in [0.2, 0.25) is 0 Å². The van der Waals surface area contributed by atoms with Crippen LogP contribution in [0.4, 0.5) is 0 Å². The van der Waals surface area contributed by atoms with E-state index in [1.165, 1.54) is 0 Å². The molecule has 0 atom stereocenters. The van der Waals surface area contributed by atoms with Gasteiger partial charge in [-0.3, -0.25) is 4.79 Å². The summed E-state index contributed by atoms with van der Waals surface area (Å²) in [5, 5.41) is 8.89. The van der Waals surface area contributed by atoms with Crippen LogP contribution in [0, 0.1) is 17.2 Å². The van der Waals surface area contributed by atoms with Crippen LogP contribution in [0.5, 0.6) is 0 Å². The molecule has 0 fully saturated rings. The molecular weight excluding hydrogens is 174 g/mol. The van der Waals surface area contributed by atoms with Crippen molar-refractivity contribution in [2.24, 2.45) is 5.92 Å².